The molecule has 1 saturated heterocycles. The molecule has 1 aliphatic heterocycles. The summed E-state index contributed by atoms with van der Waals surface area (Å²) in [6, 6.07) is 14.3. The molecule has 0 spiro atoms. The van der Waals surface area contributed by atoms with Gasteiger partial charge in [-0.25, -0.2) is 0 Å². The van der Waals surface area contributed by atoms with Crippen LogP contribution in [0.1, 0.15) is 27.9 Å². The van der Waals surface area contributed by atoms with E-state index in [4.69, 9.17) is 0 Å². The standard InChI is InChI=1S/C23H25N3O5/c1-15-6-8-16(9-7-15)13-26-14-18(11-20(26)27)23(30)25-19-5-3-4-17(10-19)22(29)24-12-21(28)31-2/h3-10,18H,11-14H2,1-2H3,(H,24,29)(H,25,30)/t18-/m0/s1. The molecule has 1 atom stereocenters. The molecule has 162 valence electrons. The first-order chi connectivity index (χ1) is 14.9. The van der Waals surface area contributed by atoms with Crippen LogP contribution in [0.2, 0.25) is 0 Å². The largest absolute Gasteiger partial charge is 0.468 e. The molecule has 0 aliphatic carbocycles. The molecule has 2 N–H and O–H groups in total. The van der Waals surface area contributed by atoms with Crippen molar-refractivity contribution in [3.05, 3.63) is 65.2 Å². The Labute approximate surface area is 180 Å². The third-order valence-corrected chi connectivity index (χ3v) is 5.09. The van der Waals surface area contributed by atoms with E-state index in [1.165, 1.54) is 13.2 Å². The van der Waals surface area contributed by atoms with Gasteiger partial charge in [0.2, 0.25) is 11.8 Å². The van der Waals surface area contributed by atoms with E-state index in [1.54, 1.807) is 23.1 Å². The molecule has 3 amide bonds. The van der Waals surface area contributed by atoms with Crippen molar-refractivity contribution >= 4 is 29.4 Å². The fourth-order valence-electron chi connectivity index (χ4n) is 3.32. The highest BCUT2D eigenvalue weighted by Crippen LogP contribution is 2.22. The van der Waals surface area contributed by atoms with E-state index in [0.717, 1.165) is 11.1 Å². The summed E-state index contributed by atoms with van der Waals surface area (Å²) in [7, 11) is 1.24. The Morgan fingerprint density at radius 1 is 1.13 bits per heavy atom. The summed E-state index contributed by atoms with van der Waals surface area (Å²) < 4.78 is 4.49. The average Bonchev–Trinajstić information content (AvgIpc) is 3.14. The number of carbonyl (C=O) groups excluding carboxylic acids is 4. The van der Waals surface area contributed by atoms with E-state index in [0.29, 0.717) is 24.3 Å². The van der Waals surface area contributed by atoms with Crippen LogP contribution in [0.5, 0.6) is 0 Å². The van der Waals surface area contributed by atoms with Gasteiger partial charge in [-0.05, 0) is 30.7 Å². The second kappa shape index (κ2) is 9.88. The molecule has 1 heterocycles. The molecule has 2 aromatic carbocycles. The highest BCUT2D eigenvalue weighted by molar-refractivity contribution is 6.00. The second-order valence-corrected chi connectivity index (χ2v) is 7.49. The zero-order chi connectivity index (χ0) is 22.4. The summed E-state index contributed by atoms with van der Waals surface area (Å²) in [5.41, 5.74) is 2.91. The van der Waals surface area contributed by atoms with Gasteiger partial charge in [-0.3, -0.25) is 19.2 Å². The first-order valence-electron chi connectivity index (χ1n) is 9.95. The van der Waals surface area contributed by atoms with E-state index in [-0.39, 0.29) is 24.8 Å². The summed E-state index contributed by atoms with van der Waals surface area (Å²) in [5, 5.41) is 5.22. The number of amides is 3. The fraction of sp³-hybridized carbons (Fsp3) is 0.304. The number of ether oxygens (including phenoxy) is 1. The minimum atomic E-state index is -0.557. The molecule has 0 bridgehead atoms. The number of benzene rings is 2. The molecule has 2 aromatic rings. The van der Waals surface area contributed by atoms with Crippen LogP contribution < -0.4 is 10.6 Å². The van der Waals surface area contributed by atoms with Gasteiger partial charge >= 0.3 is 5.97 Å². The number of hydrogen-bond acceptors (Lipinski definition) is 5. The van der Waals surface area contributed by atoms with E-state index < -0.39 is 17.8 Å². The minimum absolute atomic E-state index is 0.0586. The molecule has 0 aromatic heterocycles. The van der Waals surface area contributed by atoms with E-state index in [1.807, 2.05) is 31.2 Å². The van der Waals surface area contributed by atoms with Crippen molar-refractivity contribution in [1.29, 1.82) is 0 Å². The van der Waals surface area contributed by atoms with Crippen molar-refractivity contribution in [1.82, 2.24) is 10.2 Å². The molecule has 31 heavy (non-hydrogen) atoms. The Kier molecular flexibility index (Phi) is 7.02. The lowest BCUT2D eigenvalue weighted by atomic mass is 10.1. The average molecular weight is 423 g/mol. The zero-order valence-corrected chi connectivity index (χ0v) is 17.5. The summed E-state index contributed by atoms with van der Waals surface area (Å²) in [5.74, 6) is -1.81. The van der Waals surface area contributed by atoms with Crippen molar-refractivity contribution in [2.45, 2.75) is 19.9 Å². The van der Waals surface area contributed by atoms with Crippen LogP contribution in [0.4, 0.5) is 5.69 Å². The first kappa shape index (κ1) is 22.0. The Hall–Kier alpha value is -3.68. The molecular formula is C23H25N3O5. The maximum absolute atomic E-state index is 12.7. The summed E-state index contributed by atoms with van der Waals surface area (Å²) in [6.45, 7) is 2.58. The fourth-order valence-corrected chi connectivity index (χ4v) is 3.32. The summed E-state index contributed by atoms with van der Waals surface area (Å²) >= 11 is 0. The van der Waals surface area contributed by atoms with Gasteiger partial charge in [0.05, 0.1) is 13.0 Å². The number of nitrogens with zero attached hydrogens (tertiary/aromatic N) is 1. The number of esters is 1. The zero-order valence-electron chi connectivity index (χ0n) is 17.5. The predicted octanol–water partition coefficient (Wildman–Crippen LogP) is 1.89. The monoisotopic (exact) mass is 423 g/mol. The van der Waals surface area contributed by atoms with Gasteiger partial charge in [-0.1, -0.05) is 35.9 Å². The van der Waals surface area contributed by atoms with Crippen molar-refractivity contribution in [2.75, 3.05) is 25.5 Å². The molecule has 8 heteroatoms. The lowest BCUT2D eigenvalue weighted by Gasteiger charge is -2.17. The molecule has 1 fully saturated rings. The lowest BCUT2D eigenvalue weighted by Crippen LogP contribution is -2.30. The quantitative estimate of drug-likeness (QED) is 0.662. The van der Waals surface area contributed by atoms with Gasteiger partial charge in [-0.2, -0.15) is 0 Å². The van der Waals surface area contributed by atoms with Crippen molar-refractivity contribution in [3.63, 3.8) is 0 Å². The summed E-state index contributed by atoms with van der Waals surface area (Å²) in [6.07, 6.45) is 0.150. The highest BCUT2D eigenvalue weighted by atomic mass is 16.5. The van der Waals surface area contributed by atoms with Gasteiger partial charge in [-0.15, -0.1) is 0 Å². The van der Waals surface area contributed by atoms with Crippen molar-refractivity contribution in [2.24, 2.45) is 5.92 Å². The van der Waals surface area contributed by atoms with Crippen LogP contribution in [0.15, 0.2) is 48.5 Å². The molecule has 1 aliphatic rings. The van der Waals surface area contributed by atoms with Gasteiger partial charge in [0.15, 0.2) is 0 Å². The van der Waals surface area contributed by atoms with Crippen molar-refractivity contribution < 1.29 is 23.9 Å². The number of nitrogens with one attached hydrogen (secondary N) is 2. The number of rotatable bonds is 7. The van der Waals surface area contributed by atoms with E-state index in [2.05, 4.69) is 15.4 Å². The molecule has 3 rings (SSSR count). The number of carbonyl (C=O) groups is 4. The van der Waals surface area contributed by atoms with Crippen LogP contribution in [0.3, 0.4) is 0 Å². The van der Waals surface area contributed by atoms with E-state index in [9.17, 15) is 19.2 Å². The number of methoxy groups -OCH3 is 1. The highest BCUT2D eigenvalue weighted by Gasteiger charge is 2.34. The van der Waals surface area contributed by atoms with Crippen LogP contribution in [0, 0.1) is 12.8 Å². The Balaban J connectivity index is 1.57. The van der Waals surface area contributed by atoms with Crippen LogP contribution in [-0.4, -0.2) is 48.8 Å². The van der Waals surface area contributed by atoms with Crippen LogP contribution in [-0.2, 0) is 25.7 Å². The smallest absolute Gasteiger partial charge is 0.325 e. The third kappa shape index (κ3) is 5.91. The molecule has 8 nitrogen and oxygen atoms in total. The molecule has 0 radical (unpaired) electrons. The number of aryl methyl sites for hydroxylation is 1. The Bertz CT molecular complexity index is 987. The topological polar surface area (TPSA) is 105 Å². The van der Waals surface area contributed by atoms with Crippen LogP contribution in [0.25, 0.3) is 0 Å². The maximum Gasteiger partial charge on any atom is 0.325 e. The molecule has 0 saturated carbocycles. The number of hydrogen-bond donors (Lipinski definition) is 2. The SMILES string of the molecule is COC(=O)CNC(=O)c1cccc(NC(=O)[C@H]2CC(=O)N(Cc3ccc(C)cc3)C2)c1. The van der Waals surface area contributed by atoms with Crippen molar-refractivity contribution in [3.8, 4) is 0 Å². The Morgan fingerprint density at radius 3 is 2.58 bits per heavy atom. The second-order valence-electron chi connectivity index (χ2n) is 7.49. The normalized spacial score (nSPS) is 15.5. The molecular weight excluding hydrogens is 398 g/mol. The third-order valence-electron chi connectivity index (χ3n) is 5.09. The first-order valence-corrected chi connectivity index (χ1v) is 9.95. The molecule has 0 unspecified atom stereocenters. The van der Waals surface area contributed by atoms with Gasteiger partial charge in [0, 0.05) is 30.8 Å². The van der Waals surface area contributed by atoms with E-state index >= 15 is 0 Å². The Morgan fingerprint density at radius 2 is 1.87 bits per heavy atom. The van der Waals surface area contributed by atoms with Gasteiger partial charge in [0.1, 0.15) is 6.54 Å². The van der Waals surface area contributed by atoms with Gasteiger partial charge < -0.3 is 20.3 Å². The lowest BCUT2D eigenvalue weighted by molar-refractivity contribution is -0.139. The van der Waals surface area contributed by atoms with Gasteiger partial charge in [0.25, 0.3) is 5.91 Å². The minimum Gasteiger partial charge on any atom is -0.468 e. The number of anilines is 1. The summed E-state index contributed by atoms with van der Waals surface area (Å²) in [4.78, 5) is 50.1. The maximum atomic E-state index is 12.7. The van der Waals surface area contributed by atoms with Crippen LogP contribution >= 0.6 is 0 Å². The predicted molar refractivity (Wildman–Crippen MR) is 114 cm³/mol. The number of likely N-dealkylation sites (tertiary alicyclic amines) is 1.